The summed E-state index contributed by atoms with van der Waals surface area (Å²) in [5.41, 5.74) is 9.26. The van der Waals surface area contributed by atoms with Gasteiger partial charge in [0.25, 0.3) is 0 Å². The maximum atomic E-state index is 13.0. The number of hydrogen-bond donors (Lipinski definition) is 1. The molecule has 2 nitrogen and oxygen atoms in total. The average Bonchev–Trinajstić information content (AvgIpc) is 2.46. The Morgan fingerprint density at radius 3 is 2.45 bits per heavy atom. The summed E-state index contributed by atoms with van der Waals surface area (Å²) >= 11 is 0. The summed E-state index contributed by atoms with van der Waals surface area (Å²) in [5, 5.41) is 0. The quantitative estimate of drug-likeness (QED) is 0.906. The predicted molar refractivity (Wildman–Crippen MR) is 79.6 cm³/mol. The van der Waals surface area contributed by atoms with E-state index in [0.29, 0.717) is 6.54 Å². The first-order chi connectivity index (χ1) is 9.63. The third-order valence-corrected chi connectivity index (χ3v) is 3.53. The minimum absolute atomic E-state index is 0.159. The van der Waals surface area contributed by atoms with Gasteiger partial charge < -0.3 is 10.5 Å². The lowest BCUT2D eigenvalue weighted by molar-refractivity contribution is 0.408. The molecule has 0 bridgehead atoms. The second kappa shape index (κ2) is 6.53. The van der Waals surface area contributed by atoms with Crippen molar-refractivity contribution < 1.29 is 9.13 Å². The smallest absolute Gasteiger partial charge is 0.123 e. The molecule has 2 aromatic carbocycles. The van der Waals surface area contributed by atoms with Gasteiger partial charge in [0, 0.05) is 5.92 Å². The first kappa shape index (κ1) is 14.5. The molecule has 0 radical (unpaired) electrons. The average molecular weight is 273 g/mol. The fourth-order valence-corrected chi connectivity index (χ4v) is 2.40. The van der Waals surface area contributed by atoms with Gasteiger partial charge in [0.2, 0.25) is 0 Å². The van der Waals surface area contributed by atoms with E-state index in [1.165, 1.54) is 17.7 Å². The number of nitrogens with two attached hydrogens (primary N) is 1. The molecule has 0 aliphatic rings. The van der Waals surface area contributed by atoms with E-state index in [9.17, 15) is 4.39 Å². The Balaban J connectivity index is 2.26. The lowest BCUT2D eigenvalue weighted by atomic mass is 9.91. The highest BCUT2D eigenvalue weighted by molar-refractivity contribution is 5.38. The molecule has 0 amide bonds. The highest BCUT2D eigenvalue weighted by Gasteiger charge is 2.14. The zero-order valence-corrected chi connectivity index (χ0v) is 11.9. The molecule has 3 heteroatoms. The van der Waals surface area contributed by atoms with Gasteiger partial charge in [0.05, 0.1) is 7.11 Å². The molecule has 0 fully saturated rings. The van der Waals surface area contributed by atoms with E-state index in [1.54, 1.807) is 19.2 Å². The lowest BCUT2D eigenvalue weighted by Gasteiger charge is -2.17. The van der Waals surface area contributed by atoms with Gasteiger partial charge in [-0.15, -0.1) is 0 Å². The molecule has 0 aromatic heterocycles. The lowest BCUT2D eigenvalue weighted by Crippen LogP contribution is -2.15. The monoisotopic (exact) mass is 273 g/mol. The summed E-state index contributed by atoms with van der Waals surface area (Å²) in [7, 11) is 1.67. The summed E-state index contributed by atoms with van der Waals surface area (Å²) in [6.07, 6.45) is 0.785. The van der Waals surface area contributed by atoms with E-state index in [4.69, 9.17) is 10.5 Å². The molecular weight excluding hydrogens is 253 g/mol. The van der Waals surface area contributed by atoms with Gasteiger partial charge in [-0.25, -0.2) is 4.39 Å². The molecule has 1 unspecified atom stereocenters. The van der Waals surface area contributed by atoms with Gasteiger partial charge >= 0.3 is 0 Å². The van der Waals surface area contributed by atoms with Crippen LogP contribution in [0.5, 0.6) is 5.75 Å². The van der Waals surface area contributed by atoms with Gasteiger partial charge in [-0.3, -0.25) is 0 Å². The number of ether oxygens (including phenoxy) is 1. The molecule has 2 aromatic rings. The number of rotatable bonds is 5. The Kier molecular flexibility index (Phi) is 4.74. The normalized spacial score (nSPS) is 12.2. The largest absolute Gasteiger partial charge is 0.496 e. The first-order valence-corrected chi connectivity index (χ1v) is 6.73. The fourth-order valence-electron chi connectivity index (χ4n) is 2.40. The maximum Gasteiger partial charge on any atom is 0.123 e. The first-order valence-electron chi connectivity index (χ1n) is 6.73. The van der Waals surface area contributed by atoms with Gasteiger partial charge in [-0.1, -0.05) is 29.8 Å². The van der Waals surface area contributed by atoms with E-state index in [2.05, 4.69) is 13.0 Å². The Labute approximate surface area is 119 Å². The molecule has 0 heterocycles. The number of halogens is 1. The van der Waals surface area contributed by atoms with Crippen molar-refractivity contribution in [2.24, 2.45) is 5.73 Å². The predicted octanol–water partition coefficient (Wildman–Crippen LogP) is 3.43. The van der Waals surface area contributed by atoms with Crippen LogP contribution >= 0.6 is 0 Å². The summed E-state index contributed by atoms with van der Waals surface area (Å²) in [5.74, 6) is 0.806. The second-order valence-corrected chi connectivity index (χ2v) is 5.00. The van der Waals surface area contributed by atoms with Gasteiger partial charge in [-0.05, 0) is 49.2 Å². The third kappa shape index (κ3) is 3.36. The molecule has 20 heavy (non-hydrogen) atoms. The van der Waals surface area contributed by atoms with Crippen molar-refractivity contribution in [3.63, 3.8) is 0 Å². The molecule has 0 aliphatic carbocycles. The van der Waals surface area contributed by atoms with Crippen molar-refractivity contribution in [2.75, 3.05) is 13.7 Å². The van der Waals surface area contributed by atoms with Gasteiger partial charge in [0.1, 0.15) is 11.6 Å². The molecule has 1 atom stereocenters. The number of aryl methyl sites for hydroxylation is 1. The van der Waals surface area contributed by atoms with Crippen LogP contribution in [0.1, 0.15) is 22.6 Å². The van der Waals surface area contributed by atoms with Crippen LogP contribution in [0, 0.1) is 12.7 Å². The van der Waals surface area contributed by atoms with Crippen molar-refractivity contribution in [3.05, 3.63) is 65.0 Å². The van der Waals surface area contributed by atoms with Crippen LogP contribution in [0.25, 0.3) is 0 Å². The van der Waals surface area contributed by atoms with Crippen molar-refractivity contribution in [2.45, 2.75) is 19.3 Å². The van der Waals surface area contributed by atoms with E-state index >= 15 is 0 Å². The van der Waals surface area contributed by atoms with Gasteiger partial charge in [0.15, 0.2) is 0 Å². The number of methoxy groups -OCH3 is 1. The van der Waals surface area contributed by atoms with Crippen LogP contribution in [0.15, 0.2) is 42.5 Å². The van der Waals surface area contributed by atoms with Crippen LogP contribution in [0.3, 0.4) is 0 Å². The molecule has 0 saturated heterocycles. The molecule has 2 rings (SSSR count). The molecule has 0 spiro atoms. The highest BCUT2D eigenvalue weighted by atomic mass is 19.1. The SMILES string of the molecule is COc1ccc(C)cc1CC(CN)c1ccc(F)cc1. The minimum atomic E-state index is -0.224. The van der Waals surface area contributed by atoms with Crippen molar-refractivity contribution in [1.29, 1.82) is 0 Å². The Bertz CT molecular complexity index is 566. The molecule has 2 N–H and O–H groups in total. The summed E-state index contributed by atoms with van der Waals surface area (Å²) in [6, 6.07) is 12.7. The maximum absolute atomic E-state index is 13.0. The third-order valence-electron chi connectivity index (χ3n) is 3.53. The molecule has 106 valence electrons. The highest BCUT2D eigenvalue weighted by Crippen LogP contribution is 2.27. The summed E-state index contributed by atoms with van der Waals surface area (Å²) < 4.78 is 18.4. The number of benzene rings is 2. The molecule has 0 saturated carbocycles. The van der Waals surface area contributed by atoms with E-state index < -0.39 is 0 Å². The zero-order chi connectivity index (χ0) is 14.5. The molecular formula is C17H20FNO. The Morgan fingerprint density at radius 1 is 1.15 bits per heavy atom. The van der Waals surface area contributed by atoms with Crippen molar-refractivity contribution in [3.8, 4) is 5.75 Å². The van der Waals surface area contributed by atoms with Crippen molar-refractivity contribution >= 4 is 0 Å². The van der Waals surface area contributed by atoms with Crippen LogP contribution in [0.2, 0.25) is 0 Å². The Morgan fingerprint density at radius 2 is 1.85 bits per heavy atom. The minimum Gasteiger partial charge on any atom is -0.496 e. The van der Waals surface area contributed by atoms with Crippen LogP contribution in [-0.4, -0.2) is 13.7 Å². The standard InChI is InChI=1S/C17H20FNO/c1-12-3-8-17(20-2)14(9-12)10-15(11-19)13-4-6-16(18)7-5-13/h3-9,15H,10-11,19H2,1-2H3. The van der Waals surface area contributed by atoms with Crippen LogP contribution in [0.4, 0.5) is 4.39 Å². The topological polar surface area (TPSA) is 35.2 Å². The van der Waals surface area contributed by atoms with Crippen molar-refractivity contribution in [1.82, 2.24) is 0 Å². The summed E-state index contributed by atoms with van der Waals surface area (Å²) in [6.45, 7) is 2.57. The zero-order valence-electron chi connectivity index (χ0n) is 11.9. The summed E-state index contributed by atoms with van der Waals surface area (Å²) in [4.78, 5) is 0. The van der Waals surface area contributed by atoms with E-state index in [0.717, 1.165) is 23.3 Å². The van der Waals surface area contributed by atoms with Crippen LogP contribution < -0.4 is 10.5 Å². The fraction of sp³-hybridized carbons (Fsp3) is 0.294. The molecule has 0 aliphatic heterocycles. The van der Waals surface area contributed by atoms with Gasteiger partial charge in [-0.2, -0.15) is 0 Å². The van der Waals surface area contributed by atoms with E-state index in [1.807, 2.05) is 12.1 Å². The van der Waals surface area contributed by atoms with Crippen LogP contribution in [-0.2, 0) is 6.42 Å². The number of hydrogen-bond acceptors (Lipinski definition) is 2. The van der Waals surface area contributed by atoms with E-state index in [-0.39, 0.29) is 11.7 Å². The Hall–Kier alpha value is -1.87. The second-order valence-electron chi connectivity index (χ2n) is 5.00.